The number of nitrogens with one attached hydrogen (secondary N) is 3. The van der Waals surface area contributed by atoms with E-state index in [1.54, 1.807) is 6.92 Å². The minimum Gasteiger partial charge on any atom is -0.483 e. The number of carbonyl (C=O) groups is 4. The zero-order valence-corrected chi connectivity index (χ0v) is 35.0. The quantitative estimate of drug-likeness (QED) is 0.296. The van der Waals surface area contributed by atoms with Crippen LogP contribution in [0.15, 0.2) is 30.4 Å². The summed E-state index contributed by atoms with van der Waals surface area (Å²) >= 11 is 0. The normalized spacial score (nSPS) is 29.0. The molecule has 0 bridgehead atoms. The van der Waals surface area contributed by atoms with Crippen LogP contribution in [-0.2, 0) is 42.0 Å². The highest BCUT2D eigenvalue weighted by Crippen LogP contribution is 2.47. The van der Waals surface area contributed by atoms with Gasteiger partial charge in [0, 0.05) is 23.3 Å². The van der Waals surface area contributed by atoms with Gasteiger partial charge >= 0.3 is 12.3 Å². The summed E-state index contributed by atoms with van der Waals surface area (Å²) in [4.78, 5) is 62.9. The minimum absolute atomic E-state index is 0.0245. The number of rotatable bonds is 6. The number of nitrogens with zero attached hydrogens (tertiary/aromatic N) is 2. The highest BCUT2D eigenvalue weighted by Gasteiger charge is 2.60. The number of sulfonamides is 1. The fourth-order valence-electron chi connectivity index (χ4n) is 8.79. The van der Waals surface area contributed by atoms with Crippen molar-refractivity contribution in [3.8, 4) is 5.75 Å². The molecule has 7 rings (SSSR count). The van der Waals surface area contributed by atoms with E-state index in [2.05, 4.69) is 28.3 Å². The van der Waals surface area contributed by atoms with Crippen molar-refractivity contribution in [2.45, 2.75) is 158 Å². The van der Waals surface area contributed by atoms with E-state index in [1.165, 1.54) is 4.90 Å². The van der Waals surface area contributed by atoms with Crippen molar-refractivity contribution in [1.29, 1.82) is 0 Å². The molecule has 3 fully saturated rings. The summed E-state index contributed by atoms with van der Waals surface area (Å²) in [5, 5.41) is 6.24. The summed E-state index contributed by atoms with van der Waals surface area (Å²) < 4.78 is 80.7. The maximum atomic E-state index is 14.8. The zero-order valence-electron chi connectivity index (χ0n) is 34.2. The van der Waals surface area contributed by atoms with Gasteiger partial charge < -0.3 is 25.0 Å². The van der Waals surface area contributed by atoms with Crippen LogP contribution in [0.4, 0.5) is 18.0 Å². The number of carbonyl (C=O) groups excluding carboxylic acids is 4. The van der Waals surface area contributed by atoms with Gasteiger partial charge in [-0.25, -0.2) is 18.2 Å². The second-order valence-corrected chi connectivity index (χ2v) is 20.0. The maximum absolute atomic E-state index is 14.8. The molecule has 1 saturated heterocycles. The summed E-state index contributed by atoms with van der Waals surface area (Å²) in [6.07, 6.45) is 2.80. The average molecular weight is 846 g/mol. The number of ether oxygens (including phenoxy) is 2. The van der Waals surface area contributed by atoms with E-state index in [-0.39, 0.29) is 25.8 Å². The SMILES string of the molecule is CCc1ccc2nc(C)c3c(c2c1)CC[C@]1(C[C@H]2C(=O)N[C@]4(C(=O)NS(=O)(=O)C5(C)CC5)CC[C@H]4/C=C\CCCCC[C@H](NC(=O)OC(C)(C)C(F)(F)F)C(=O)N2C1)O3. The molecule has 4 amide bonds. The highest BCUT2D eigenvalue weighted by atomic mass is 32.2. The molecule has 13 nitrogen and oxygen atoms in total. The maximum Gasteiger partial charge on any atom is 0.427 e. The smallest absolute Gasteiger partial charge is 0.427 e. The lowest BCUT2D eigenvalue weighted by atomic mass is 9.65. The van der Waals surface area contributed by atoms with Gasteiger partial charge in [0.2, 0.25) is 27.4 Å². The van der Waals surface area contributed by atoms with Crippen molar-refractivity contribution in [3.63, 3.8) is 0 Å². The Bertz CT molecular complexity index is 2190. The van der Waals surface area contributed by atoms with Gasteiger partial charge in [-0.3, -0.25) is 19.1 Å². The molecule has 3 aliphatic heterocycles. The third kappa shape index (κ3) is 7.99. The lowest BCUT2D eigenvalue weighted by molar-refractivity contribution is -0.244. The molecule has 4 heterocycles. The number of aromatic nitrogens is 1. The lowest BCUT2D eigenvalue weighted by Gasteiger charge is -2.48. The van der Waals surface area contributed by atoms with Gasteiger partial charge in [-0.1, -0.05) is 38.0 Å². The van der Waals surface area contributed by atoms with Crippen molar-refractivity contribution < 1.29 is 50.2 Å². The first kappa shape index (κ1) is 42.7. The number of pyridine rings is 1. The predicted molar refractivity (Wildman–Crippen MR) is 212 cm³/mol. The van der Waals surface area contributed by atoms with Crippen LogP contribution < -0.4 is 20.1 Å². The van der Waals surface area contributed by atoms with Crippen molar-refractivity contribution in [3.05, 3.63) is 47.2 Å². The van der Waals surface area contributed by atoms with Crippen LogP contribution in [0.25, 0.3) is 10.9 Å². The average Bonchev–Trinajstić information content (AvgIpc) is 3.82. The van der Waals surface area contributed by atoms with Gasteiger partial charge in [0.05, 0.1) is 22.5 Å². The fraction of sp³-hybridized carbons (Fsp3) is 0.643. The van der Waals surface area contributed by atoms with E-state index in [4.69, 9.17) is 14.5 Å². The van der Waals surface area contributed by atoms with E-state index < -0.39 is 79.5 Å². The number of hydrogen-bond donors (Lipinski definition) is 3. The molecule has 3 N–H and O–H groups in total. The molecule has 59 heavy (non-hydrogen) atoms. The van der Waals surface area contributed by atoms with Crippen LogP contribution in [0, 0.1) is 12.8 Å². The van der Waals surface area contributed by atoms with Crippen LogP contribution in [0.5, 0.6) is 5.75 Å². The summed E-state index contributed by atoms with van der Waals surface area (Å²) in [6.45, 7) is 6.74. The Balaban J connectivity index is 1.25. The summed E-state index contributed by atoms with van der Waals surface area (Å²) in [5.41, 5.74) is -2.12. The number of hydrogen-bond acceptors (Lipinski definition) is 9. The van der Waals surface area contributed by atoms with Gasteiger partial charge in [-0.2, -0.15) is 13.2 Å². The Kier molecular flexibility index (Phi) is 11.0. The Morgan fingerprint density at radius 1 is 1.08 bits per heavy atom. The Morgan fingerprint density at radius 2 is 1.83 bits per heavy atom. The molecule has 2 aromatic rings. The molecule has 322 valence electrons. The van der Waals surface area contributed by atoms with E-state index in [9.17, 15) is 40.8 Å². The number of allylic oxidation sites excluding steroid dienone is 1. The van der Waals surface area contributed by atoms with Crippen LogP contribution >= 0.6 is 0 Å². The molecule has 2 saturated carbocycles. The molecule has 1 aromatic carbocycles. The van der Waals surface area contributed by atoms with Gasteiger partial charge in [-0.15, -0.1) is 0 Å². The topological polar surface area (TPSA) is 173 Å². The fourth-order valence-corrected chi connectivity index (χ4v) is 10.1. The molecular weight excluding hydrogens is 792 g/mol. The Labute approximate surface area is 342 Å². The van der Waals surface area contributed by atoms with Gasteiger partial charge in [-0.05, 0) is 110 Å². The van der Waals surface area contributed by atoms with E-state index in [0.717, 1.165) is 28.5 Å². The summed E-state index contributed by atoms with van der Waals surface area (Å²) in [5.74, 6) is -2.29. The molecule has 17 heteroatoms. The molecule has 2 aliphatic carbocycles. The van der Waals surface area contributed by atoms with E-state index in [0.29, 0.717) is 83.1 Å². The number of amides is 4. The van der Waals surface area contributed by atoms with Crippen LogP contribution in [0.1, 0.15) is 115 Å². The van der Waals surface area contributed by atoms with E-state index >= 15 is 0 Å². The number of benzene rings is 1. The van der Waals surface area contributed by atoms with Crippen LogP contribution in [-0.4, -0.2) is 88.4 Å². The molecule has 0 radical (unpaired) electrons. The van der Waals surface area contributed by atoms with Crippen LogP contribution in [0.3, 0.4) is 0 Å². The first-order valence-corrected chi connectivity index (χ1v) is 22.1. The molecule has 1 spiro atoms. The van der Waals surface area contributed by atoms with Crippen molar-refractivity contribution in [2.75, 3.05) is 6.54 Å². The lowest BCUT2D eigenvalue weighted by Crippen LogP contribution is -2.70. The van der Waals surface area contributed by atoms with E-state index in [1.807, 2.05) is 31.2 Å². The predicted octanol–water partition coefficient (Wildman–Crippen LogP) is 5.99. The third-order valence-corrected chi connectivity index (χ3v) is 15.4. The first-order valence-electron chi connectivity index (χ1n) is 20.7. The second-order valence-electron chi connectivity index (χ2n) is 17.8. The summed E-state index contributed by atoms with van der Waals surface area (Å²) in [7, 11) is -4.08. The molecule has 5 aliphatic rings. The monoisotopic (exact) mass is 845 g/mol. The van der Waals surface area contributed by atoms with Gasteiger partial charge in [0.25, 0.3) is 5.91 Å². The third-order valence-electron chi connectivity index (χ3n) is 13.2. The van der Waals surface area contributed by atoms with Crippen molar-refractivity contribution >= 4 is 44.7 Å². The highest BCUT2D eigenvalue weighted by molar-refractivity contribution is 7.91. The van der Waals surface area contributed by atoms with Gasteiger partial charge in [0.15, 0.2) is 0 Å². The molecule has 0 unspecified atom stereocenters. The number of alkyl carbamates (subject to hydrolysis) is 1. The number of aryl methyl sites for hydroxylation is 3. The molecule has 5 atom stereocenters. The van der Waals surface area contributed by atoms with Crippen molar-refractivity contribution in [1.82, 2.24) is 25.2 Å². The van der Waals surface area contributed by atoms with Crippen LogP contribution in [0.2, 0.25) is 0 Å². The molecular formula is C42H54F3N5O8S. The molecule has 1 aromatic heterocycles. The van der Waals surface area contributed by atoms with Crippen molar-refractivity contribution in [2.24, 2.45) is 5.92 Å². The number of alkyl halides is 3. The van der Waals surface area contributed by atoms with Gasteiger partial charge in [0.1, 0.15) is 29.0 Å². The standard InChI is InChI=1S/C42H54F3N5O8S/c1-6-26-14-15-30-29(22-26)28-17-18-40(57-33(28)25(2)46-30)23-32-34(51)48-41(36(53)49-59(55,56)39(5)20-21-39)19-16-27(41)12-10-8-7-9-11-13-31(35(52)50(32)24-40)47-37(54)58-38(3,4)42(43,44)45/h10,12,14-15,22,27,31-32H,6-9,11,13,16-21,23-24H2,1-5H3,(H,47,54)(H,48,51)(H,49,53)/b12-10-/t27-,31+,32+,40-,41-/m1/s1. The second kappa shape index (κ2) is 15.2. The number of halogens is 3. The first-order chi connectivity index (χ1) is 27.6. The summed E-state index contributed by atoms with van der Waals surface area (Å²) in [6, 6.07) is 3.45. The number of fused-ring (bicyclic) bond motifs is 5. The zero-order chi connectivity index (χ0) is 42.8. The Morgan fingerprint density at radius 3 is 2.49 bits per heavy atom. The Hall–Kier alpha value is -4.41. The largest absolute Gasteiger partial charge is 0.483 e. The minimum atomic E-state index is -4.89.